The van der Waals surface area contributed by atoms with Crippen LogP contribution in [0.5, 0.6) is 0 Å². The van der Waals surface area contributed by atoms with Crippen LogP contribution in [0.3, 0.4) is 0 Å². The van der Waals surface area contributed by atoms with E-state index in [1.165, 1.54) is 11.3 Å². The van der Waals surface area contributed by atoms with E-state index in [1.54, 1.807) is 6.20 Å². The number of aliphatic hydroxyl groups excluding tert-OH is 1. The van der Waals surface area contributed by atoms with Crippen LogP contribution >= 0.6 is 11.3 Å². The van der Waals surface area contributed by atoms with Crippen LogP contribution in [0.15, 0.2) is 6.20 Å². The average Bonchev–Trinajstić information content (AvgIpc) is 2.63. The van der Waals surface area contributed by atoms with Gasteiger partial charge >= 0.3 is 0 Å². The van der Waals surface area contributed by atoms with E-state index >= 15 is 0 Å². The number of aliphatic hydroxyl groups is 1. The van der Waals surface area contributed by atoms with Gasteiger partial charge in [-0.1, -0.05) is 38.0 Å². The Hall–Kier alpha value is -0.810. The second kappa shape index (κ2) is 5.92. The number of nitrogens with two attached hydrogens (primary N) is 1. The Bertz CT molecular complexity index is 286. The molecule has 0 radical (unpaired) electrons. The molecule has 1 atom stereocenters. The minimum atomic E-state index is -0.315. The number of thiazole rings is 1. The number of nitrogens with one attached hydrogen (secondary N) is 1. The molecule has 15 heavy (non-hydrogen) atoms. The molecule has 5 heteroatoms. The monoisotopic (exact) mass is 229 g/mol. The zero-order chi connectivity index (χ0) is 11.3. The minimum absolute atomic E-state index is 0.315. The van der Waals surface area contributed by atoms with Gasteiger partial charge in [-0.15, -0.1) is 0 Å². The first-order valence-corrected chi connectivity index (χ1v) is 6.12. The fourth-order valence-electron chi connectivity index (χ4n) is 1.56. The van der Waals surface area contributed by atoms with Gasteiger partial charge < -0.3 is 16.2 Å². The molecule has 0 aliphatic heterocycles. The van der Waals surface area contributed by atoms with Crippen LogP contribution in [-0.2, 0) is 0 Å². The number of nitrogen functional groups attached to an aromatic ring is 1. The summed E-state index contributed by atoms with van der Waals surface area (Å²) in [6, 6.07) is 0. The van der Waals surface area contributed by atoms with Gasteiger partial charge in [0.25, 0.3) is 0 Å². The van der Waals surface area contributed by atoms with Crippen molar-refractivity contribution in [1.82, 2.24) is 4.98 Å². The van der Waals surface area contributed by atoms with Crippen molar-refractivity contribution >= 4 is 21.5 Å². The van der Waals surface area contributed by atoms with Gasteiger partial charge in [0.2, 0.25) is 0 Å². The molecule has 1 aromatic rings. The van der Waals surface area contributed by atoms with E-state index in [2.05, 4.69) is 24.1 Å². The van der Waals surface area contributed by atoms with Crippen LogP contribution in [0, 0.1) is 5.92 Å². The summed E-state index contributed by atoms with van der Waals surface area (Å²) in [7, 11) is 0. The Balaban J connectivity index is 2.36. The molecule has 0 aliphatic carbocycles. The lowest BCUT2D eigenvalue weighted by Crippen LogP contribution is -2.27. The maximum Gasteiger partial charge on any atom is 0.184 e. The predicted octanol–water partition coefficient (Wildman–Crippen LogP) is 1.93. The molecule has 0 aliphatic rings. The maximum atomic E-state index is 9.86. The van der Waals surface area contributed by atoms with E-state index in [1.807, 2.05) is 0 Å². The molecular weight excluding hydrogens is 210 g/mol. The molecular formula is C10H19N3OS. The Morgan fingerprint density at radius 1 is 1.53 bits per heavy atom. The fraction of sp³-hybridized carbons (Fsp3) is 0.700. The number of anilines is 2. The zero-order valence-corrected chi connectivity index (χ0v) is 10.0. The second-order valence-corrected chi connectivity index (χ2v) is 4.65. The summed E-state index contributed by atoms with van der Waals surface area (Å²) < 4.78 is 0. The first-order valence-electron chi connectivity index (χ1n) is 5.30. The van der Waals surface area contributed by atoms with Gasteiger partial charge in [0.15, 0.2) is 5.13 Å². The largest absolute Gasteiger partial charge is 0.391 e. The van der Waals surface area contributed by atoms with E-state index in [4.69, 9.17) is 5.73 Å². The lowest BCUT2D eigenvalue weighted by Gasteiger charge is -2.19. The SMILES string of the molecule is CCC(CC)C(O)CNc1ncc(N)s1. The number of rotatable bonds is 6. The van der Waals surface area contributed by atoms with E-state index in [0.717, 1.165) is 18.0 Å². The Kier molecular flexibility index (Phi) is 4.84. The highest BCUT2D eigenvalue weighted by Crippen LogP contribution is 2.20. The van der Waals surface area contributed by atoms with Gasteiger partial charge in [-0.05, 0) is 5.92 Å². The standard InChI is InChI=1S/C10H19N3OS/c1-3-7(4-2)8(14)5-12-10-13-6-9(11)15-10/h6-8,14H,3-5,11H2,1-2H3,(H,12,13). The lowest BCUT2D eigenvalue weighted by atomic mass is 9.97. The van der Waals surface area contributed by atoms with Gasteiger partial charge in [0, 0.05) is 6.54 Å². The quantitative estimate of drug-likeness (QED) is 0.697. The van der Waals surface area contributed by atoms with Gasteiger partial charge in [-0.2, -0.15) is 0 Å². The second-order valence-electron chi connectivity index (χ2n) is 3.59. The Labute approximate surface area is 94.5 Å². The molecule has 1 unspecified atom stereocenters. The third kappa shape index (κ3) is 3.68. The van der Waals surface area contributed by atoms with E-state index < -0.39 is 0 Å². The van der Waals surface area contributed by atoms with Crippen LogP contribution in [0.2, 0.25) is 0 Å². The van der Waals surface area contributed by atoms with E-state index in [9.17, 15) is 5.11 Å². The van der Waals surface area contributed by atoms with Crippen molar-refractivity contribution in [3.8, 4) is 0 Å². The van der Waals surface area contributed by atoms with Crippen molar-refractivity contribution < 1.29 is 5.11 Å². The minimum Gasteiger partial charge on any atom is -0.391 e. The van der Waals surface area contributed by atoms with E-state index in [-0.39, 0.29) is 6.10 Å². The normalized spacial score (nSPS) is 13.1. The van der Waals surface area contributed by atoms with Crippen LogP contribution < -0.4 is 11.1 Å². The summed E-state index contributed by atoms with van der Waals surface area (Å²) in [6.45, 7) is 4.73. The maximum absolute atomic E-state index is 9.86. The molecule has 0 bridgehead atoms. The van der Waals surface area contributed by atoms with Gasteiger partial charge in [-0.25, -0.2) is 4.98 Å². The first-order chi connectivity index (χ1) is 7.17. The van der Waals surface area contributed by atoms with Crippen LogP contribution in [-0.4, -0.2) is 22.7 Å². The molecule has 1 rings (SSSR count). The van der Waals surface area contributed by atoms with Crippen LogP contribution in [0.25, 0.3) is 0 Å². The average molecular weight is 229 g/mol. The molecule has 86 valence electrons. The number of hydrogen-bond acceptors (Lipinski definition) is 5. The van der Waals surface area contributed by atoms with Crippen molar-refractivity contribution in [1.29, 1.82) is 0 Å². The molecule has 0 spiro atoms. The summed E-state index contributed by atoms with van der Waals surface area (Å²) in [6.07, 6.45) is 3.31. The van der Waals surface area contributed by atoms with Crippen molar-refractivity contribution in [2.45, 2.75) is 32.8 Å². The molecule has 0 saturated carbocycles. The smallest absolute Gasteiger partial charge is 0.184 e. The molecule has 0 amide bonds. The lowest BCUT2D eigenvalue weighted by molar-refractivity contribution is 0.114. The van der Waals surface area contributed by atoms with Crippen LogP contribution in [0.1, 0.15) is 26.7 Å². The zero-order valence-electron chi connectivity index (χ0n) is 9.23. The highest BCUT2D eigenvalue weighted by molar-refractivity contribution is 7.19. The van der Waals surface area contributed by atoms with Crippen molar-refractivity contribution in [2.75, 3.05) is 17.6 Å². The molecule has 1 aromatic heterocycles. The van der Waals surface area contributed by atoms with E-state index in [0.29, 0.717) is 17.5 Å². The third-order valence-corrected chi connectivity index (χ3v) is 3.36. The highest BCUT2D eigenvalue weighted by Gasteiger charge is 2.15. The topological polar surface area (TPSA) is 71.2 Å². The predicted molar refractivity (Wildman–Crippen MR) is 65.1 cm³/mol. The van der Waals surface area contributed by atoms with Crippen LogP contribution in [0.4, 0.5) is 10.1 Å². The van der Waals surface area contributed by atoms with Crippen molar-refractivity contribution in [3.05, 3.63) is 6.20 Å². The summed E-state index contributed by atoms with van der Waals surface area (Å²) in [5, 5.41) is 14.4. The summed E-state index contributed by atoms with van der Waals surface area (Å²) in [5.41, 5.74) is 5.55. The molecule has 0 fully saturated rings. The first kappa shape index (κ1) is 12.3. The molecule has 1 heterocycles. The Morgan fingerprint density at radius 2 is 2.20 bits per heavy atom. The molecule has 0 aromatic carbocycles. The van der Waals surface area contributed by atoms with Gasteiger partial charge in [0.05, 0.1) is 12.3 Å². The van der Waals surface area contributed by atoms with Gasteiger partial charge in [0.1, 0.15) is 5.00 Å². The molecule has 4 N–H and O–H groups in total. The summed E-state index contributed by atoms with van der Waals surface area (Å²) >= 11 is 1.40. The summed E-state index contributed by atoms with van der Waals surface area (Å²) in [4.78, 5) is 4.07. The number of aromatic nitrogens is 1. The summed E-state index contributed by atoms with van der Waals surface area (Å²) in [5.74, 6) is 0.356. The highest BCUT2D eigenvalue weighted by atomic mass is 32.1. The Morgan fingerprint density at radius 3 is 2.67 bits per heavy atom. The number of hydrogen-bond donors (Lipinski definition) is 3. The van der Waals surface area contributed by atoms with Gasteiger partial charge in [-0.3, -0.25) is 0 Å². The van der Waals surface area contributed by atoms with Crippen molar-refractivity contribution in [2.24, 2.45) is 5.92 Å². The third-order valence-electron chi connectivity index (χ3n) is 2.58. The van der Waals surface area contributed by atoms with Crippen molar-refractivity contribution in [3.63, 3.8) is 0 Å². The number of nitrogens with zero attached hydrogens (tertiary/aromatic N) is 1. The molecule has 4 nitrogen and oxygen atoms in total. The molecule has 0 saturated heterocycles. The fourth-order valence-corrected chi connectivity index (χ4v) is 2.15.